The second kappa shape index (κ2) is 10.9. The van der Waals surface area contributed by atoms with Crippen LogP contribution in [0.4, 0.5) is 4.39 Å². The van der Waals surface area contributed by atoms with Gasteiger partial charge in [-0.2, -0.15) is 0 Å². The summed E-state index contributed by atoms with van der Waals surface area (Å²) in [6.45, 7) is 2.21. The molecule has 0 aliphatic heterocycles. The molecule has 0 saturated heterocycles. The lowest BCUT2D eigenvalue weighted by Crippen LogP contribution is -2.09. The molecule has 0 unspecified atom stereocenters. The molecule has 31 heavy (non-hydrogen) atoms. The standard InChI is InChI=1S/C25H24FNO4/c1-2-22(20-13-11-19(12-14-20)18-7-4-3-5-8-18)27-31-16-15-30-23-10-6-9-21(25(23)26)17-24(28)29/h3-14H,2,15-17H2,1H3,(H,28,29)/b27-22+. The fourth-order valence-corrected chi connectivity index (χ4v) is 3.09. The molecule has 0 bridgehead atoms. The van der Waals surface area contributed by atoms with Gasteiger partial charge in [-0.25, -0.2) is 4.39 Å². The molecule has 0 spiro atoms. The Morgan fingerprint density at radius 1 is 0.935 bits per heavy atom. The third kappa shape index (κ3) is 6.15. The summed E-state index contributed by atoms with van der Waals surface area (Å²) in [5.74, 6) is -1.77. The predicted octanol–water partition coefficient (Wildman–Crippen LogP) is 5.33. The van der Waals surface area contributed by atoms with Gasteiger partial charge in [0.25, 0.3) is 0 Å². The fourth-order valence-electron chi connectivity index (χ4n) is 3.09. The average Bonchev–Trinajstić information content (AvgIpc) is 2.79. The van der Waals surface area contributed by atoms with Crippen LogP contribution in [0.1, 0.15) is 24.5 Å². The molecule has 0 aliphatic carbocycles. The van der Waals surface area contributed by atoms with Crippen molar-refractivity contribution in [2.45, 2.75) is 19.8 Å². The van der Waals surface area contributed by atoms with Crippen LogP contribution in [0.25, 0.3) is 11.1 Å². The summed E-state index contributed by atoms with van der Waals surface area (Å²) < 4.78 is 19.6. The zero-order chi connectivity index (χ0) is 22.1. The van der Waals surface area contributed by atoms with Crippen LogP contribution in [0.2, 0.25) is 0 Å². The number of carboxylic acids is 1. The maximum absolute atomic E-state index is 14.2. The number of rotatable bonds is 10. The Hall–Kier alpha value is -3.67. The summed E-state index contributed by atoms with van der Waals surface area (Å²) >= 11 is 0. The number of hydrogen-bond donors (Lipinski definition) is 1. The molecule has 160 valence electrons. The van der Waals surface area contributed by atoms with Crippen molar-refractivity contribution in [3.63, 3.8) is 0 Å². The van der Waals surface area contributed by atoms with Crippen LogP contribution in [0, 0.1) is 5.82 Å². The largest absolute Gasteiger partial charge is 0.487 e. The topological polar surface area (TPSA) is 68.1 Å². The first kappa shape index (κ1) is 22.0. The molecular formula is C25H24FNO4. The van der Waals surface area contributed by atoms with Crippen LogP contribution in [0.3, 0.4) is 0 Å². The normalized spacial score (nSPS) is 11.2. The molecule has 0 heterocycles. The first-order chi connectivity index (χ1) is 15.1. The minimum atomic E-state index is -1.10. The fraction of sp³-hybridized carbons (Fsp3) is 0.200. The van der Waals surface area contributed by atoms with Gasteiger partial charge in [-0.3, -0.25) is 4.79 Å². The van der Waals surface area contributed by atoms with Crippen LogP contribution >= 0.6 is 0 Å². The Labute approximate surface area is 180 Å². The maximum atomic E-state index is 14.2. The van der Waals surface area contributed by atoms with Crippen molar-refractivity contribution in [2.75, 3.05) is 13.2 Å². The first-order valence-corrected chi connectivity index (χ1v) is 10.0. The molecule has 0 fully saturated rings. The van der Waals surface area contributed by atoms with E-state index in [0.717, 1.165) is 22.4 Å². The molecule has 0 radical (unpaired) electrons. The van der Waals surface area contributed by atoms with Crippen LogP contribution in [-0.2, 0) is 16.1 Å². The number of oxime groups is 1. The van der Waals surface area contributed by atoms with Gasteiger partial charge in [0, 0.05) is 5.56 Å². The predicted molar refractivity (Wildman–Crippen MR) is 118 cm³/mol. The Balaban J connectivity index is 1.55. The van der Waals surface area contributed by atoms with Crippen LogP contribution in [-0.4, -0.2) is 30.0 Å². The van der Waals surface area contributed by atoms with Gasteiger partial charge in [0.1, 0.15) is 6.61 Å². The number of carboxylic acid groups (broad SMARTS) is 1. The Morgan fingerprint density at radius 2 is 1.65 bits per heavy atom. The molecule has 3 rings (SSSR count). The smallest absolute Gasteiger partial charge is 0.307 e. The molecule has 0 aromatic heterocycles. The van der Waals surface area contributed by atoms with Gasteiger partial charge in [-0.1, -0.05) is 78.8 Å². The highest BCUT2D eigenvalue weighted by molar-refractivity contribution is 6.00. The quantitative estimate of drug-likeness (QED) is 0.273. The Morgan fingerprint density at radius 3 is 2.32 bits per heavy atom. The minimum Gasteiger partial charge on any atom is -0.487 e. The van der Waals surface area contributed by atoms with Crippen molar-refractivity contribution < 1.29 is 23.9 Å². The molecular weight excluding hydrogens is 397 g/mol. The monoisotopic (exact) mass is 421 g/mol. The van der Waals surface area contributed by atoms with Gasteiger partial charge < -0.3 is 14.7 Å². The van der Waals surface area contributed by atoms with Crippen LogP contribution in [0.5, 0.6) is 5.75 Å². The first-order valence-electron chi connectivity index (χ1n) is 10.0. The average molecular weight is 421 g/mol. The van der Waals surface area contributed by atoms with E-state index in [-0.39, 0.29) is 24.5 Å². The van der Waals surface area contributed by atoms with E-state index in [9.17, 15) is 9.18 Å². The lowest BCUT2D eigenvalue weighted by molar-refractivity contribution is -0.136. The van der Waals surface area contributed by atoms with Gasteiger partial charge in [0.15, 0.2) is 18.2 Å². The molecule has 1 N–H and O–H groups in total. The number of ether oxygens (including phenoxy) is 1. The lowest BCUT2D eigenvalue weighted by Gasteiger charge is -2.10. The second-order valence-electron chi connectivity index (χ2n) is 6.82. The number of halogens is 1. The molecule has 5 nitrogen and oxygen atoms in total. The number of aliphatic carboxylic acids is 1. The zero-order valence-corrected chi connectivity index (χ0v) is 17.3. The van der Waals surface area contributed by atoms with E-state index in [4.69, 9.17) is 14.7 Å². The van der Waals surface area contributed by atoms with Crippen LogP contribution < -0.4 is 4.74 Å². The van der Waals surface area contributed by atoms with Crippen molar-refractivity contribution in [1.29, 1.82) is 0 Å². The highest BCUT2D eigenvalue weighted by Gasteiger charge is 2.12. The summed E-state index contributed by atoms with van der Waals surface area (Å²) in [5.41, 5.74) is 4.12. The second-order valence-corrected chi connectivity index (χ2v) is 6.82. The van der Waals surface area contributed by atoms with Crippen molar-refractivity contribution in [2.24, 2.45) is 5.16 Å². The van der Waals surface area contributed by atoms with Gasteiger partial charge in [0.05, 0.1) is 12.1 Å². The van der Waals surface area contributed by atoms with E-state index in [2.05, 4.69) is 17.3 Å². The summed E-state index contributed by atoms with van der Waals surface area (Å²) in [6.07, 6.45) is 0.296. The van der Waals surface area contributed by atoms with E-state index in [1.165, 1.54) is 12.1 Å². The zero-order valence-electron chi connectivity index (χ0n) is 17.3. The van der Waals surface area contributed by atoms with Crippen molar-refractivity contribution in [3.8, 4) is 16.9 Å². The molecule has 0 aliphatic rings. The van der Waals surface area contributed by atoms with Gasteiger partial charge >= 0.3 is 5.97 Å². The summed E-state index contributed by atoms with van der Waals surface area (Å²) in [5, 5.41) is 13.0. The van der Waals surface area contributed by atoms with E-state index in [1.807, 2.05) is 49.4 Å². The van der Waals surface area contributed by atoms with E-state index in [0.29, 0.717) is 6.42 Å². The lowest BCUT2D eigenvalue weighted by atomic mass is 10.0. The summed E-state index contributed by atoms with van der Waals surface area (Å²) in [7, 11) is 0. The molecule has 0 atom stereocenters. The van der Waals surface area contributed by atoms with Crippen LogP contribution in [0.15, 0.2) is 78.0 Å². The number of nitrogens with zero attached hydrogens (tertiary/aromatic N) is 1. The molecule has 3 aromatic rings. The minimum absolute atomic E-state index is 0.00135. The molecule has 3 aromatic carbocycles. The third-order valence-electron chi connectivity index (χ3n) is 4.65. The van der Waals surface area contributed by atoms with E-state index < -0.39 is 18.2 Å². The van der Waals surface area contributed by atoms with Gasteiger partial charge in [0.2, 0.25) is 0 Å². The van der Waals surface area contributed by atoms with Crippen molar-refractivity contribution in [3.05, 3.63) is 89.7 Å². The maximum Gasteiger partial charge on any atom is 0.307 e. The van der Waals surface area contributed by atoms with Gasteiger partial charge in [-0.05, 0) is 29.2 Å². The summed E-state index contributed by atoms with van der Waals surface area (Å²) in [4.78, 5) is 16.1. The van der Waals surface area contributed by atoms with E-state index in [1.54, 1.807) is 6.07 Å². The molecule has 0 amide bonds. The van der Waals surface area contributed by atoms with Crippen molar-refractivity contribution in [1.82, 2.24) is 0 Å². The Bertz CT molecular complexity index is 1030. The highest BCUT2D eigenvalue weighted by atomic mass is 19.1. The number of hydrogen-bond acceptors (Lipinski definition) is 4. The van der Waals surface area contributed by atoms with Crippen molar-refractivity contribution >= 4 is 11.7 Å². The summed E-state index contributed by atoms with van der Waals surface area (Å²) in [6, 6.07) is 22.7. The third-order valence-corrected chi connectivity index (χ3v) is 4.65. The molecule has 0 saturated carbocycles. The number of benzene rings is 3. The van der Waals surface area contributed by atoms with E-state index >= 15 is 0 Å². The SMILES string of the molecule is CC/C(=N\OCCOc1cccc(CC(=O)O)c1F)c1ccc(-c2ccccc2)cc1. The highest BCUT2D eigenvalue weighted by Crippen LogP contribution is 2.21. The molecule has 6 heteroatoms. The Kier molecular flexibility index (Phi) is 7.76. The van der Waals surface area contributed by atoms with Gasteiger partial charge in [-0.15, -0.1) is 0 Å². The number of carbonyl (C=O) groups is 1.